The van der Waals surface area contributed by atoms with Crippen LogP contribution < -0.4 is 0 Å². The zero-order chi connectivity index (χ0) is 39.9. The second-order valence-electron chi connectivity index (χ2n) is 25.4. The third-order valence-electron chi connectivity index (χ3n) is 24.8. The number of hydrogen-bond acceptors (Lipinski definition) is 1. The number of fused-ring (bicyclic) bond motifs is 2. The van der Waals surface area contributed by atoms with Crippen LogP contribution in [0, 0.1) is 117 Å². The number of unbranched alkanes of at least 4 members (excludes halogenated alkanes) is 9. The summed E-state index contributed by atoms with van der Waals surface area (Å²) < 4.78 is 0. The van der Waals surface area contributed by atoms with E-state index >= 15 is 0 Å². The van der Waals surface area contributed by atoms with E-state index in [1.54, 1.807) is 35.1 Å². The van der Waals surface area contributed by atoms with Crippen molar-refractivity contribution in [3.05, 3.63) is 128 Å². The predicted octanol–water partition coefficient (Wildman–Crippen LogP) is 13.1. The van der Waals surface area contributed by atoms with E-state index in [1.807, 2.05) is 27.9 Å². The van der Waals surface area contributed by atoms with Crippen molar-refractivity contribution in [3.63, 3.8) is 0 Å². The third-order valence-corrected chi connectivity index (χ3v) is 24.8. The number of hydrogen-bond donors (Lipinski definition) is 0. The zero-order valence-electron chi connectivity index (χ0n) is 37.5. The number of allylic oxidation sites excluding steroid dienone is 13. The maximum Gasteiger partial charge on any atom is 0.0460 e. The first kappa shape index (κ1) is 34.4. The normalized spacial score (nSPS) is 52.8. The summed E-state index contributed by atoms with van der Waals surface area (Å²) in [7, 11) is 2.65. The summed E-state index contributed by atoms with van der Waals surface area (Å²) in [5.74, 6) is 16.3. The third kappa shape index (κ3) is 3.20. The Bertz CT molecular complexity index is 2630. The summed E-state index contributed by atoms with van der Waals surface area (Å²) in [6.07, 6.45) is 38.4. The van der Waals surface area contributed by atoms with Crippen LogP contribution in [0.4, 0.5) is 0 Å². The van der Waals surface area contributed by atoms with Crippen molar-refractivity contribution < 1.29 is 0 Å². The molecular weight excluding hydrogens is 747 g/mol. The van der Waals surface area contributed by atoms with Crippen molar-refractivity contribution in [3.8, 4) is 0 Å². The minimum Gasteiger partial charge on any atom is -0.297 e. The fourth-order valence-electron chi connectivity index (χ4n) is 24.7. The van der Waals surface area contributed by atoms with Crippen molar-refractivity contribution in [2.75, 3.05) is 13.6 Å². The fourth-order valence-corrected chi connectivity index (χ4v) is 24.7. The lowest BCUT2D eigenvalue weighted by Gasteiger charge is -2.66. The highest BCUT2D eigenvalue weighted by Crippen LogP contribution is 2.94. The highest BCUT2D eigenvalue weighted by atomic mass is 15.2. The molecule has 1 nitrogen and oxygen atoms in total. The van der Waals surface area contributed by atoms with Gasteiger partial charge in [0.05, 0.1) is 0 Å². The lowest BCUT2D eigenvalue weighted by Crippen LogP contribution is -2.63. The quantitative estimate of drug-likeness (QED) is 0.150. The molecule has 1 heterocycles. The monoisotopic (exact) mass is 814 g/mol. The van der Waals surface area contributed by atoms with Crippen molar-refractivity contribution >= 4 is 0 Å². The molecule has 0 amide bonds. The molecule has 0 bridgehead atoms. The van der Waals surface area contributed by atoms with Crippen molar-refractivity contribution in [2.45, 2.75) is 109 Å². The Balaban J connectivity index is 0.856. The van der Waals surface area contributed by atoms with E-state index in [0.29, 0.717) is 12.0 Å². The van der Waals surface area contributed by atoms with Gasteiger partial charge in [-0.15, -0.1) is 0 Å². The van der Waals surface area contributed by atoms with Gasteiger partial charge in [-0.05, 0) is 184 Å². The molecule has 1 aromatic rings. The van der Waals surface area contributed by atoms with E-state index in [0.717, 1.165) is 101 Å². The van der Waals surface area contributed by atoms with Crippen LogP contribution in [-0.4, -0.2) is 18.5 Å². The van der Waals surface area contributed by atoms with Gasteiger partial charge >= 0.3 is 0 Å². The van der Waals surface area contributed by atoms with Crippen LogP contribution in [0.2, 0.25) is 0 Å². The van der Waals surface area contributed by atoms with Gasteiger partial charge in [0.25, 0.3) is 0 Å². The number of likely N-dealkylation sites (tertiary alicyclic amines) is 1. The highest BCUT2D eigenvalue weighted by Gasteiger charge is 2.89. The van der Waals surface area contributed by atoms with Gasteiger partial charge in [0.2, 0.25) is 0 Å². The van der Waals surface area contributed by atoms with Crippen LogP contribution >= 0.6 is 0 Å². The molecule has 1 saturated heterocycles. The molecule has 18 rings (SSSR count). The summed E-state index contributed by atoms with van der Waals surface area (Å²) in [5, 5.41) is 0. The lowest BCUT2D eigenvalue weighted by molar-refractivity contribution is -0.143. The van der Waals surface area contributed by atoms with E-state index in [-0.39, 0.29) is 10.8 Å². The molecule has 62 heavy (non-hydrogen) atoms. The smallest absolute Gasteiger partial charge is 0.0460 e. The summed E-state index contributed by atoms with van der Waals surface area (Å²) in [4.78, 5) is 3.05. The zero-order valence-corrected chi connectivity index (χ0v) is 37.5. The van der Waals surface area contributed by atoms with E-state index in [1.165, 1.54) is 90.0 Å². The summed E-state index contributed by atoms with van der Waals surface area (Å²) in [6.45, 7) is 3.58. The van der Waals surface area contributed by atoms with Crippen molar-refractivity contribution in [1.82, 2.24) is 4.90 Å². The van der Waals surface area contributed by atoms with E-state index < -0.39 is 0 Å². The van der Waals surface area contributed by atoms with E-state index in [2.05, 4.69) is 96.3 Å². The number of rotatable bonds is 12. The molecule has 316 valence electrons. The Morgan fingerprint density at radius 3 is 2.31 bits per heavy atom. The molecule has 16 aliphatic carbocycles. The number of benzene rings is 1. The molecule has 21 atom stereocenters. The van der Waals surface area contributed by atoms with Gasteiger partial charge in [0.15, 0.2) is 0 Å². The average molecular weight is 814 g/mol. The molecule has 0 aromatic heterocycles. The largest absolute Gasteiger partial charge is 0.297 e. The maximum absolute atomic E-state index is 3.05. The predicted molar refractivity (Wildman–Crippen MR) is 246 cm³/mol. The maximum atomic E-state index is 3.05. The van der Waals surface area contributed by atoms with Crippen LogP contribution in [0.5, 0.6) is 0 Å². The minimum atomic E-state index is 0.121. The van der Waals surface area contributed by atoms with Gasteiger partial charge in [-0.3, -0.25) is 4.90 Å². The first-order valence-electron chi connectivity index (χ1n) is 27.2. The van der Waals surface area contributed by atoms with Gasteiger partial charge < -0.3 is 0 Å². The highest BCUT2D eigenvalue weighted by molar-refractivity contribution is 5.82. The standard InChI is InChI=1S/C61H67N/c1-3-4-5-6-7-8-9-10-11-12-15-29-16-13-14-17-30(29)59-61-40-27-26-39-37-24-22-35-33-20-18-31-32-19-21-34-36-23-25-38(40)48-46(36)51-44(34)42(32)49-41(31)43(33)50-45(35)47(37)57(60(39,61)28-62(59)2)55-53(50)52(49)54(51)56(55)58(48)61/h13-14,16-18,20,22,24,26-27,31-32,34,36,41-46,48-49,51-52,54-56,58-59H,3-12,15,19,21,23,25,28H2,1-2H3. The van der Waals surface area contributed by atoms with Crippen LogP contribution in [0.3, 0.4) is 0 Å². The Kier molecular flexibility index (Phi) is 6.12. The summed E-state index contributed by atoms with van der Waals surface area (Å²) in [5.41, 5.74) is 23.1. The molecule has 8 saturated carbocycles. The van der Waals surface area contributed by atoms with E-state index in [9.17, 15) is 0 Å². The summed E-state index contributed by atoms with van der Waals surface area (Å²) in [6, 6.07) is 10.7. The van der Waals surface area contributed by atoms with Crippen molar-refractivity contribution in [1.29, 1.82) is 0 Å². The van der Waals surface area contributed by atoms with Gasteiger partial charge in [0.1, 0.15) is 0 Å². The Labute approximate surface area is 371 Å². The van der Waals surface area contributed by atoms with Gasteiger partial charge in [-0.2, -0.15) is 0 Å². The Morgan fingerprint density at radius 1 is 0.645 bits per heavy atom. The van der Waals surface area contributed by atoms with Crippen LogP contribution in [0.25, 0.3) is 0 Å². The molecule has 21 unspecified atom stereocenters. The van der Waals surface area contributed by atoms with Crippen LogP contribution in [0.1, 0.15) is 114 Å². The molecule has 0 N–H and O–H groups in total. The molecule has 0 radical (unpaired) electrons. The van der Waals surface area contributed by atoms with E-state index in [4.69, 9.17) is 0 Å². The molecule has 9 fully saturated rings. The topological polar surface area (TPSA) is 3.24 Å². The average Bonchev–Trinajstić information content (AvgIpc) is 4.14. The molecular formula is C61H67N. The Morgan fingerprint density at radius 2 is 1.42 bits per heavy atom. The molecule has 2 spiro atoms. The number of aryl methyl sites for hydroxylation is 1. The van der Waals surface area contributed by atoms with Gasteiger partial charge in [0, 0.05) is 41.2 Å². The SMILES string of the molecule is CCCCCCCCCCCCc1ccccc1C1N(C)CC23C4=C5C=CC6=C7C=CC8C9CCC%10C%11CCC%12=C(C=C4)C12C1C%12C%11C2C%10C9C4C9C%10=C(C6C5=C3C%10C1C92)C7C84. The van der Waals surface area contributed by atoms with Gasteiger partial charge in [-0.25, -0.2) is 0 Å². The molecule has 1 aliphatic heterocycles. The molecule has 17 aliphatic rings. The molecule has 1 heteroatoms. The van der Waals surface area contributed by atoms with Gasteiger partial charge in [-0.1, -0.05) is 142 Å². The Hall–Kier alpha value is -2.90. The first-order valence-corrected chi connectivity index (χ1v) is 27.2. The van der Waals surface area contributed by atoms with Crippen molar-refractivity contribution in [2.24, 2.45) is 117 Å². The number of nitrogens with zero attached hydrogens (tertiary/aromatic N) is 1. The second kappa shape index (κ2) is 11.0. The molecule has 1 aromatic carbocycles. The van der Waals surface area contributed by atoms with Crippen LogP contribution in [0.15, 0.2) is 116 Å². The second-order valence-corrected chi connectivity index (χ2v) is 25.4. The minimum absolute atomic E-state index is 0.121. The van der Waals surface area contributed by atoms with Crippen LogP contribution in [-0.2, 0) is 6.42 Å². The first-order chi connectivity index (χ1) is 30.7. The fraction of sp³-hybridized carbons (Fsp3) is 0.639. The lowest BCUT2D eigenvalue weighted by atomic mass is 9.36. The summed E-state index contributed by atoms with van der Waals surface area (Å²) >= 11 is 0.